The second-order valence-electron chi connectivity index (χ2n) is 10.2. The first-order valence-corrected chi connectivity index (χ1v) is 14.3. The molecule has 0 spiro atoms. The molecule has 0 unspecified atom stereocenters. The summed E-state index contributed by atoms with van der Waals surface area (Å²) in [4.78, 5) is 2.00. The third kappa shape index (κ3) is 53.2. The molecule has 0 rings (SSSR count). The molecule has 0 heterocycles. The maximum absolute atomic E-state index is 9.79. The summed E-state index contributed by atoms with van der Waals surface area (Å²) in [6, 6.07) is 0. The fraction of sp³-hybridized carbons (Fsp3) is 1.00. The van der Waals surface area contributed by atoms with E-state index in [1.54, 1.807) is 6.92 Å². The van der Waals surface area contributed by atoms with E-state index in [0.717, 1.165) is 4.48 Å². The second kappa shape index (κ2) is 24.5. The van der Waals surface area contributed by atoms with Crippen LogP contribution in [0.2, 0.25) is 0 Å². The average Bonchev–Trinajstić information content (AvgIpc) is 2.60. The van der Waals surface area contributed by atoms with E-state index in [1.165, 1.54) is 96.4 Å². The highest BCUT2D eigenvalue weighted by Crippen LogP contribution is 2.13. The van der Waals surface area contributed by atoms with Crippen LogP contribution in [-0.2, 0) is 10.1 Å². The van der Waals surface area contributed by atoms with Gasteiger partial charge in [0.1, 0.15) is 0 Å². The molecule has 0 saturated carbocycles. The van der Waals surface area contributed by atoms with Crippen LogP contribution < -0.4 is 0 Å². The van der Waals surface area contributed by atoms with Gasteiger partial charge in [-0.15, -0.1) is 0 Å². The zero-order valence-electron chi connectivity index (χ0n) is 22.6. The summed E-state index contributed by atoms with van der Waals surface area (Å²) >= 11 is 0. The van der Waals surface area contributed by atoms with Crippen molar-refractivity contribution in [3.8, 4) is 0 Å². The Morgan fingerprint density at radius 1 is 0.613 bits per heavy atom. The van der Waals surface area contributed by atoms with Gasteiger partial charge >= 0.3 is 0 Å². The summed E-state index contributed by atoms with van der Waals surface area (Å²) in [5.74, 6) is -0.132. The Morgan fingerprint density at radius 2 is 0.903 bits per heavy atom. The van der Waals surface area contributed by atoms with Crippen molar-refractivity contribution in [3.63, 3.8) is 0 Å². The molecule has 192 valence electrons. The molecule has 0 saturated heterocycles. The number of quaternary nitrogens is 1. The Labute approximate surface area is 197 Å². The van der Waals surface area contributed by atoms with Crippen LogP contribution in [0.4, 0.5) is 0 Å². The Kier molecular flexibility index (Phi) is 28.0. The lowest BCUT2D eigenvalue weighted by Crippen LogP contribution is -2.35. The van der Waals surface area contributed by atoms with Gasteiger partial charge in [-0.1, -0.05) is 90.9 Å². The van der Waals surface area contributed by atoms with E-state index in [0.29, 0.717) is 6.42 Å². The quantitative estimate of drug-likeness (QED) is 0.148. The van der Waals surface area contributed by atoms with Gasteiger partial charge in [0.05, 0.1) is 33.4 Å². The maximum atomic E-state index is 9.79. The molecule has 0 bridgehead atoms. The Bertz CT molecular complexity index is 430. The first-order valence-electron chi connectivity index (χ1n) is 12.7. The van der Waals surface area contributed by atoms with Crippen molar-refractivity contribution in [2.24, 2.45) is 0 Å². The van der Waals surface area contributed by atoms with E-state index in [1.807, 2.05) is 26.0 Å². The normalized spacial score (nSPS) is 11.5. The van der Waals surface area contributed by atoms with Crippen LogP contribution in [0.5, 0.6) is 0 Å². The standard InChI is InChI=1S/C19H42N.C3H9N.C3H8O3S/c1-5-6-7-8-9-10-11-12-13-14-15-16-17-18-19-20(2,3)4;1-4(2)3;1-2-3-7(4,5)6/h5-19H2,1-4H3;1-3H3;2-3H2,1H3,(H,4,5,6)/q+1;;. The molecule has 0 atom stereocenters. The van der Waals surface area contributed by atoms with Crippen molar-refractivity contribution in [1.29, 1.82) is 0 Å². The molecule has 0 radical (unpaired) electrons. The number of nitrogens with zero attached hydrogens (tertiary/aromatic N) is 2. The molecule has 6 heteroatoms. The molecule has 0 fully saturated rings. The monoisotopic (exact) mass is 467 g/mol. The lowest BCUT2D eigenvalue weighted by Gasteiger charge is -2.23. The van der Waals surface area contributed by atoms with Crippen LogP contribution in [0.15, 0.2) is 0 Å². The van der Waals surface area contributed by atoms with Crippen molar-refractivity contribution in [2.45, 2.75) is 110 Å². The van der Waals surface area contributed by atoms with Gasteiger partial charge in [0.15, 0.2) is 0 Å². The molecular formula is C25H59N2O3S+. The van der Waals surface area contributed by atoms with Crippen molar-refractivity contribution in [2.75, 3.05) is 54.6 Å². The maximum Gasteiger partial charge on any atom is 0.264 e. The van der Waals surface area contributed by atoms with E-state index >= 15 is 0 Å². The zero-order chi connectivity index (χ0) is 24.6. The first kappa shape index (κ1) is 35.4. The molecule has 0 aliphatic heterocycles. The minimum absolute atomic E-state index is 0.132. The number of unbranched alkanes of at least 4 members (excludes halogenated alkanes) is 13. The zero-order valence-corrected chi connectivity index (χ0v) is 23.4. The number of hydrogen-bond donors (Lipinski definition) is 1. The van der Waals surface area contributed by atoms with Gasteiger partial charge in [-0.2, -0.15) is 8.42 Å². The third-order valence-electron chi connectivity index (χ3n) is 4.64. The average molecular weight is 468 g/mol. The minimum atomic E-state index is -3.67. The highest BCUT2D eigenvalue weighted by Gasteiger charge is 2.04. The first-order chi connectivity index (χ1) is 14.4. The topological polar surface area (TPSA) is 57.6 Å². The van der Waals surface area contributed by atoms with E-state index in [4.69, 9.17) is 4.55 Å². The molecule has 0 aliphatic rings. The van der Waals surface area contributed by atoms with Gasteiger partial charge in [0.25, 0.3) is 10.1 Å². The molecule has 31 heavy (non-hydrogen) atoms. The van der Waals surface area contributed by atoms with E-state index in [-0.39, 0.29) is 5.75 Å². The van der Waals surface area contributed by atoms with Crippen molar-refractivity contribution in [3.05, 3.63) is 0 Å². The lowest BCUT2D eigenvalue weighted by molar-refractivity contribution is -0.870. The van der Waals surface area contributed by atoms with Crippen molar-refractivity contribution >= 4 is 10.1 Å². The molecule has 5 nitrogen and oxygen atoms in total. The van der Waals surface area contributed by atoms with Crippen LogP contribution in [0, 0.1) is 0 Å². The number of rotatable bonds is 17. The molecule has 0 aromatic carbocycles. The molecule has 0 aromatic rings. The highest BCUT2D eigenvalue weighted by molar-refractivity contribution is 7.85. The summed E-state index contributed by atoms with van der Waals surface area (Å²) in [5, 5.41) is 0. The predicted molar refractivity (Wildman–Crippen MR) is 140 cm³/mol. The summed E-state index contributed by atoms with van der Waals surface area (Å²) in [6.45, 7) is 5.31. The van der Waals surface area contributed by atoms with E-state index in [9.17, 15) is 8.42 Å². The fourth-order valence-electron chi connectivity index (χ4n) is 3.04. The van der Waals surface area contributed by atoms with Gasteiger partial charge < -0.3 is 9.38 Å². The summed E-state index contributed by atoms with van der Waals surface area (Å²) < 4.78 is 28.7. The highest BCUT2D eigenvalue weighted by atomic mass is 32.2. The molecule has 0 aliphatic carbocycles. The van der Waals surface area contributed by atoms with Gasteiger partial charge in [-0.3, -0.25) is 4.55 Å². The summed E-state index contributed by atoms with van der Waals surface area (Å²) in [6.07, 6.45) is 20.8. The van der Waals surface area contributed by atoms with Gasteiger partial charge in [-0.25, -0.2) is 0 Å². The molecule has 0 aromatic heterocycles. The molecular weight excluding hydrogens is 408 g/mol. The Hall–Kier alpha value is -0.170. The van der Waals surface area contributed by atoms with Crippen LogP contribution in [0.25, 0.3) is 0 Å². The smallest absolute Gasteiger partial charge is 0.264 e. The second-order valence-corrected chi connectivity index (χ2v) is 11.8. The van der Waals surface area contributed by atoms with Crippen LogP contribution >= 0.6 is 0 Å². The van der Waals surface area contributed by atoms with Crippen molar-refractivity contribution in [1.82, 2.24) is 4.90 Å². The summed E-state index contributed by atoms with van der Waals surface area (Å²) in [5.41, 5.74) is 0. The fourth-order valence-corrected chi connectivity index (χ4v) is 3.55. The van der Waals surface area contributed by atoms with Gasteiger partial charge in [0, 0.05) is 0 Å². The van der Waals surface area contributed by atoms with Crippen molar-refractivity contribution < 1.29 is 17.5 Å². The van der Waals surface area contributed by atoms with E-state index in [2.05, 4.69) is 28.1 Å². The molecule has 1 N–H and O–H groups in total. The molecule has 0 amide bonds. The van der Waals surface area contributed by atoms with Crippen LogP contribution in [0.1, 0.15) is 110 Å². The van der Waals surface area contributed by atoms with Crippen LogP contribution in [-0.4, -0.2) is 76.9 Å². The Morgan fingerprint density at radius 3 is 1.10 bits per heavy atom. The van der Waals surface area contributed by atoms with Crippen LogP contribution in [0.3, 0.4) is 0 Å². The van der Waals surface area contributed by atoms with Gasteiger partial charge in [0.2, 0.25) is 0 Å². The van der Waals surface area contributed by atoms with E-state index < -0.39 is 10.1 Å². The minimum Gasteiger partial charge on any atom is -0.331 e. The lowest BCUT2D eigenvalue weighted by atomic mass is 10.0. The SMILES string of the molecule is CCCCCCCCCCCCCCCC[N+](C)(C)C.CCCS(=O)(=O)O.CN(C)C. The van der Waals surface area contributed by atoms with Gasteiger partial charge in [-0.05, 0) is 40.4 Å². The third-order valence-corrected chi connectivity index (χ3v) is 5.57. The predicted octanol–water partition coefficient (Wildman–Crippen LogP) is 6.64. The number of hydrogen-bond acceptors (Lipinski definition) is 3. The largest absolute Gasteiger partial charge is 0.331 e. The summed E-state index contributed by atoms with van der Waals surface area (Å²) in [7, 11) is 9.21. The Balaban J connectivity index is -0.000000585.